The maximum Gasteiger partial charge on any atom is 0.336 e. The van der Waals surface area contributed by atoms with Crippen LogP contribution >= 0.6 is 0 Å². The van der Waals surface area contributed by atoms with Crippen LogP contribution in [-0.2, 0) is 4.79 Å². The number of rotatable bonds is 4. The highest BCUT2D eigenvalue weighted by Gasteiger charge is 2.18. The van der Waals surface area contributed by atoms with Gasteiger partial charge in [0.05, 0.1) is 5.57 Å². The normalized spacial score (nSPS) is 16.3. The summed E-state index contributed by atoms with van der Waals surface area (Å²) >= 11 is 0. The van der Waals surface area contributed by atoms with Crippen LogP contribution in [0.3, 0.4) is 0 Å². The van der Waals surface area contributed by atoms with Crippen molar-refractivity contribution in [1.82, 2.24) is 19.7 Å². The average Bonchev–Trinajstić information content (AvgIpc) is 3.18. The predicted octanol–water partition coefficient (Wildman–Crippen LogP) is 2.32. The minimum atomic E-state index is -0.905. The van der Waals surface area contributed by atoms with Crippen LogP contribution in [0.1, 0.15) is 31.2 Å². The van der Waals surface area contributed by atoms with Gasteiger partial charge in [-0.2, -0.15) is 5.10 Å². The lowest BCUT2D eigenvalue weighted by Crippen LogP contribution is -2.04. The number of nitrogens with zero attached hydrogens (tertiary/aromatic N) is 4. The van der Waals surface area contributed by atoms with E-state index in [9.17, 15) is 9.90 Å². The van der Waals surface area contributed by atoms with Crippen molar-refractivity contribution >= 4 is 11.5 Å². The van der Waals surface area contributed by atoms with Gasteiger partial charge in [0.15, 0.2) is 5.82 Å². The molecule has 0 bridgehead atoms. The van der Waals surface area contributed by atoms with Crippen molar-refractivity contribution in [2.75, 3.05) is 0 Å². The summed E-state index contributed by atoms with van der Waals surface area (Å²) in [5, 5.41) is 13.4. The predicted molar refractivity (Wildman–Crippen MR) is 76.7 cm³/mol. The van der Waals surface area contributed by atoms with Gasteiger partial charge in [0, 0.05) is 11.8 Å². The fraction of sp³-hybridized carbons (Fsp3) is 0.333. The molecular formula is C15H16N4O2. The summed E-state index contributed by atoms with van der Waals surface area (Å²) in [6.07, 6.45) is 10.9. The maximum absolute atomic E-state index is 11.5. The van der Waals surface area contributed by atoms with Crippen molar-refractivity contribution in [3.8, 4) is 5.82 Å². The molecule has 108 valence electrons. The third kappa shape index (κ3) is 2.99. The quantitative estimate of drug-likeness (QED) is 0.871. The van der Waals surface area contributed by atoms with Gasteiger partial charge >= 0.3 is 5.97 Å². The Hall–Kier alpha value is -2.50. The lowest BCUT2D eigenvalue weighted by atomic mass is 10.00. The largest absolute Gasteiger partial charge is 0.478 e. The molecule has 21 heavy (non-hydrogen) atoms. The first-order chi connectivity index (χ1) is 10.2. The molecule has 0 aromatic carbocycles. The topological polar surface area (TPSA) is 80.9 Å². The van der Waals surface area contributed by atoms with Gasteiger partial charge in [-0.1, -0.05) is 18.9 Å². The van der Waals surface area contributed by atoms with Gasteiger partial charge in [0.25, 0.3) is 0 Å². The Balaban J connectivity index is 1.88. The molecule has 6 nitrogen and oxygen atoms in total. The molecule has 1 N–H and O–H groups in total. The molecule has 2 heterocycles. The highest BCUT2D eigenvalue weighted by molar-refractivity contribution is 6.15. The molecule has 0 radical (unpaired) electrons. The highest BCUT2D eigenvalue weighted by atomic mass is 16.4. The SMILES string of the molecule is O=C(O)C(=CC1CCCC1)c1ccc(-n2cncn2)nc1. The average molecular weight is 284 g/mol. The molecule has 0 amide bonds. The van der Waals surface area contributed by atoms with Gasteiger partial charge in [0.2, 0.25) is 0 Å². The Labute approximate surface area is 122 Å². The lowest BCUT2D eigenvalue weighted by Gasteiger charge is -2.07. The molecule has 2 aromatic rings. The minimum Gasteiger partial charge on any atom is -0.478 e. The van der Waals surface area contributed by atoms with E-state index < -0.39 is 5.97 Å². The zero-order valence-corrected chi connectivity index (χ0v) is 11.5. The number of aromatic nitrogens is 4. The molecule has 0 spiro atoms. The van der Waals surface area contributed by atoms with Crippen LogP contribution in [0.5, 0.6) is 0 Å². The summed E-state index contributed by atoms with van der Waals surface area (Å²) in [7, 11) is 0. The third-order valence-electron chi connectivity index (χ3n) is 3.74. The van der Waals surface area contributed by atoms with Crippen LogP contribution in [0, 0.1) is 5.92 Å². The van der Waals surface area contributed by atoms with Crippen LogP contribution in [-0.4, -0.2) is 30.8 Å². The number of pyridine rings is 1. The van der Waals surface area contributed by atoms with Gasteiger partial charge in [-0.05, 0) is 30.9 Å². The maximum atomic E-state index is 11.5. The van der Waals surface area contributed by atoms with Crippen LogP contribution < -0.4 is 0 Å². The highest BCUT2D eigenvalue weighted by Crippen LogP contribution is 2.29. The van der Waals surface area contributed by atoms with Crippen molar-refractivity contribution in [2.45, 2.75) is 25.7 Å². The van der Waals surface area contributed by atoms with Crippen LogP contribution in [0.25, 0.3) is 11.4 Å². The number of allylic oxidation sites excluding steroid dienone is 1. The second kappa shape index (κ2) is 5.87. The molecule has 2 aromatic heterocycles. The monoisotopic (exact) mass is 284 g/mol. The first-order valence-electron chi connectivity index (χ1n) is 7.00. The lowest BCUT2D eigenvalue weighted by molar-refractivity contribution is -0.130. The molecule has 0 aliphatic heterocycles. The van der Waals surface area contributed by atoms with Crippen molar-refractivity contribution in [3.05, 3.63) is 42.6 Å². The van der Waals surface area contributed by atoms with Crippen molar-refractivity contribution < 1.29 is 9.90 Å². The Morgan fingerprint density at radius 1 is 1.33 bits per heavy atom. The number of hydrogen-bond acceptors (Lipinski definition) is 4. The van der Waals surface area contributed by atoms with E-state index in [1.807, 2.05) is 6.08 Å². The molecule has 1 fully saturated rings. The Morgan fingerprint density at radius 3 is 2.71 bits per heavy atom. The van der Waals surface area contributed by atoms with E-state index in [1.54, 1.807) is 24.7 Å². The van der Waals surface area contributed by atoms with E-state index >= 15 is 0 Å². The van der Waals surface area contributed by atoms with Crippen molar-refractivity contribution in [2.24, 2.45) is 5.92 Å². The summed E-state index contributed by atoms with van der Waals surface area (Å²) in [6, 6.07) is 3.51. The number of carboxylic acid groups (broad SMARTS) is 1. The van der Waals surface area contributed by atoms with Crippen molar-refractivity contribution in [1.29, 1.82) is 0 Å². The standard InChI is InChI=1S/C15H16N4O2/c20-15(21)13(7-11-3-1-2-4-11)12-5-6-14(17-8-12)19-10-16-9-18-19/h5-11H,1-4H2,(H,20,21). The summed E-state index contributed by atoms with van der Waals surface area (Å²) in [5.74, 6) is 0.0742. The zero-order chi connectivity index (χ0) is 14.7. The summed E-state index contributed by atoms with van der Waals surface area (Å²) in [4.78, 5) is 19.6. The molecule has 0 saturated heterocycles. The van der Waals surface area contributed by atoms with E-state index in [2.05, 4.69) is 15.1 Å². The second-order valence-electron chi connectivity index (χ2n) is 5.18. The first kappa shape index (κ1) is 13.5. The molecule has 3 rings (SSSR count). The molecular weight excluding hydrogens is 268 g/mol. The molecule has 1 aliphatic rings. The van der Waals surface area contributed by atoms with Crippen LogP contribution in [0.4, 0.5) is 0 Å². The van der Waals surface area contributed by atoms with Crippen molar-refractivity contribution in [3.63, 3.8) is 0 Å². The number of carbonyl (C=O) groups is 1. The molecule has 1 saturated carbocycles. The van der Waals surface area contributed by atoms with E-state index in [0.717, 1.165) is 12.8 Å². The van der Waals surface area contributed by atoms with Gasteiger partial charge in [0.1, 0.15) is 12.7 Å². The Morgan fingerprint density at radius 2 is 2.14 bits per heavy atom. The van der Waals surface area contributed by atoms with Gasteiger partial charge in [-0.25, -0.2) is 19.4 Å². The van der Waals surface area contributed by atoms with Gasteiger partial charge in [-0.15, -0.1) is 0 Å². The molecule has 1 aliphatic carbocycles. The summed E-state index contributed by atoms with van der Waals surface area (Å²) in [5.41, 5.74) is 0.956. The smallest absolute Gasteiger partial charge is 0.336 e. The fourth-order valence-electron chi connectivity index (χ4n) is 2.66. The van der Waals surface area contributed by atoms with E-state index in [4.69, 9.17) is 0 Å². The van der Waals surface area contributed by atoms with Crippen LogP contribution in [0.15, 0.2) is 37.1 Å². The summed E-state index contributed by atoms with van der Waals surface area (Å²) in [6.45, 7) is 0. The van der Waals surface area contributed by atoms with E-state index in [1.165, 1.54) is 23.9 Å². The van der Waals surface area contributed by atoms with Gasteiger partial charge in [-0.3, -0.25) is 0 Å². The molecule has 0 unspecified atom stereocenters. The van der Waals surface area contributed by atoms with E-state index in [0.29, 0.717) is 22.9 Å². The summed E-state index contributed by atoms with van der Waals surface area (Å²) < 4.78 is 1.53. The second-order valence-corrected chi connectivity index (χ2v) is 5.18. The minimum absolute atomic E-state index is 0.333. The zero-order valence-electron chi connectivity index (χ0n) is 11.5. The fourth-order valence-corrected chi connectivity index (χ4v) is 2.66. The Bertz CT molecular complexity index is 641. The number of hydrogen-bond donors (Lipinski definition) is 1. The third-order valence-corrected chi connectivity index (χ3v) is 3.74. The molecule has 0 atom stereocenters. The Kier molecular flexibility index (Phi) is 3.77. The van der Waals surface area contributed by atoms with Crippen LogP contribution in [0.2, 0.25) is 0 Å². The van der Waals surface area contributed by atoms with E-state index in [-0.39, 0.29) is 0 Å². The molecule has 6 heteroatoms. The first-order valence-corrected chi connectivity index (χ1v) is 7.00. The number of aliphatic carboxylic acids is 1. The number of carboxylic acids is 1. The van der Waals surface area contributed by atoms with Gasteiger partial charge < -0.3 is 5.11 Å².